The number of ether oxygens (including phenoxy) is 1. The van der Waals surface area contributed by atoms with Crippen molar-refractivity contribution >= 4 is 28.9 Å². The summed E-state index contributed by atoms with van der Waals surface area (Å²) >= 11 is 1.50. The zero-order valence-electron chi connectivity index (χ0n) is 14.0. The number of esters is 1. The van der Waals surface area contributed by atoms with Gasteiger partial charge in [0.1, 0.15) is 4.88 Å². The first-order chi connectivity index (χ1) is 11.5. The molecule has 1 amide bonds. The maximum atomic E-state index is 12.1. The molecule has 0 unspecified atom stereocenters. The third kappa shape index (κ3) is 4.03. The van der Waals surface area contributed by atoms with Gasteiger partial charge in [0.2, 0.25) is 0 Å². The van der Waals surface area contributed by atoms with Crippen LogP contribution in [0.5, 0.6) is 0 Å². The van der Waals surface area contributed by atoms with E-state index in [1.54, 1.807) is 0 Å². The number of rotatable bonds is 4. The summed E-state index contributed by atoms with van der Waals surface area (Å²) in [5.74, 6) is -0.736. The molecule has 2 aromatic rings. The van der Waals surface area contributed by atoms with Gasteiger partial charge in [-0.1, -0.05) is 6.07 Å². The van der Waals surface area contributed by atoms with Crippen LogP contribution in [0.3, 0.4) is 0 Å². The zero-order chi connectivity index (χ0) is 17.1. The average molecular weight is 343 g/mol. The normalized spacial score (nSPS) is 13.2. The average Bonchev–Trinajstić information content (AvgIpc) is 2.95. The quantitative estimate of drug-likeness (QED) is 0.853. The number of thiophene rings is 1. The summed E-state index contributed by atoms with van der Waals surface area (Å²) < 4.78 is 5.16. The minimum Gasteiger partial charge on any atom is -0.451 e. The van der Waals surface area contributed by atoms with E-state index >= 15 is 0 Å². The Morgan fingerprint density at radius 3 is 2.50 bits per heavy atom. The molecule has 0 spiro atoms. The fourth-order valence-corrected chi connectivity index (χ4v) is 4.18. The minimum absolute atomic E-state index is 0.269. The van der Waals surface area contributed by atoms with Gasteiger partial charge in [-0.15, -0.1) is 11.3 Å². The van der Waals surface area contributed by atoms with Crippen molar-refractivity contribution in [2.24, 2.45) is 0 Å². The van der Waals surface area contributed by atoms with Crippen molar-refractivity contribution in [2.75, 3.05) is 11.9 Å². The van der Waals surface area contributed by atoms with Crippen LogP contribution in [-0.4, -0.2) is 18.5 Å². The van der Waals surface area contributed by atoms with Crippen LogP contribution in [0.25, 0.3) is 0 Å². The second kappa shape index (κ2) is 7.18. The summed E-state index contributed by atoms with van der Waals surface area (Å²) in [6.07, 6.45) is 4.43. The van der Waals surface area contributed by atoms with Gasteiger partial charge in [0.25, 0.3) is 5.91 Å². The van der Waals surface area contributed by atoms with Gasteiger partial charge in [0.15, 0.2) is 6.61 Å². The number of nitrogens with one attached hydrogen (secondary N) is 1. The number of carbonyl (C=O) groups excluding carboxylic acids is 2. The molecule has 0 saturated heterocycles. The van der Waals surface area contributed by atoms with Crippen LogP contribution in [0.4, 0.5) is 5.69 Å². The fraction of sp³-hybridized carbons (Fsp3) is 0.368. The molecule has 0 saturated carbocycles. The molecule has 0 radical (unpaired) electrons. The van der Waals surface area contributed by atoms with Gasteiger partial charge in [-0.3, -0.25) is 4.79 Å². The van der Waals surface area contributed by atoms with Gasteiger partial charge in [0.05, 0.1) is 0 Å². The lowest BCUT2D eigenvalue weighted by Gasteiger charge is -2.08. The molecule has 126 valence electrons. The second-order valence-corrected chi connectivity index (χ2v) is 7.40. The van der Waals surface area contributed by atoms with Crippen molar-refractivity contribution < 1.29 is 14.3 Å². The highest BCUT2D eigenvalue weighted by atomic mass is 32.1. The third-order valence-electron chi connectivity index (χ3n) is 4.04. The number of fused-ring (bicyclic) bond motifs is 1. The van der Waals surface area contributed by atoms with E-state index in [0.717, 1.165) is 29.7 Å². The van der Waals surface area contributed by atoms with Crippen molar-refractivity contribution in [3.63, 3.8) is 0 Å². The van der Waals surface area contributed by atoms with Gasteiger partial charge in [0, 0.05) is 10.6 Å². The molecule has 1 aliphatic carbocycles. The first kappa shape index (κ1) is 16.7. The Balaban J connectivity index is 1.55. The monoisotopic (exact) mass is 343 g/mol. The summed E-state index contributed by atoms with van der Waals surface area (Å²) in [6, 6.07) is 7.73. The third-order valence-corrected chi connectivity index (χ3v) is 5.25. The van der Waals surface area contributed by atoms with Gasteiger partial charge in [-0.2, -0.15) is 0 Å². The molecule has 0 aliphatic heterocycles. The summed E-state index contributed by atoms with van der Waals surface area (Å²) in [7, 11) is 0. The highest BCUT2D eigenvalue weighted by Crippen LogP contribution is 2.30. The summed E-state index contributed by atoms with van der Waals surface area (Å²) in [5, 5.41) is 2.77. The zero-order valence-corrected chi connectivity index (χ0v) is 14.8. The minimum atomic E-state index is -0.412. The van der Waals surface area contributed by atoms with Gasteiger partial charge < -0.3 is 10.1 Å². The Morgan fingerprint density at radius 2 is 1.79 bits per heavy atom. The molecule has 1 heterocycles. The number of anilines is 1. The molecule has 24 heavy (non-hydrogen) atoms. The Hall–Kier alpha value is -2.14. The molecule has 1 aromatic heterocycles. The van der Waals surface area contributed by atoms with Crippen molar-refractivity contribution in [1.82, 2.24) is 0 Å². The standard InChI is InChI=1S/C19H21NO3S/c1-12-7-13(2)9-15(8-12)20-18(21)11-23-19(22)17-10-14-5-3-4-6-16(14)24-17/h7-10H,3-6,11H2,1-2H3,(H,20,21). The first-order valence-corrected chi connectivity index (χ1v) is 9.00. The maximum Gasteiger partial charge on any atom is 0.348 e. The lowest BCUT2D eigenvalue weighted by molar-refractivity contribution is -0.119. The van der Waals surface area contributed by atoms with Crippen LogP contribution < -0.4 is 5.32 Å². The van der Waals surface area contributed by atoms with E-state index < -0.39 is 5.97 Å². The Kier molecular flexibility index (Phi) is 5.00. The van der Waals surface area contributed by atoms with Crippen LogP contribution in [0, 0.1) is 13.8 Å². The Morgan fingerprint density at radius 1 is 1.08 bits per heavy atom. The molecule has 4 nitrogen and oxygen atoms in total. The highest BCUT2D eigenvalue weighted by Gasteiger charge is 2.19. The lowest BCUT2D eigenvalue weighted by Crippen LogP contribution is -2.20. The topological polar surface area (TPSA) is 55.4 Å². The predicted octanol–water partition coefficient (Wildman–Crippen LogP) is 4.04. The van der Waals surface area contributed by atoms with E-state index in [1.165, 1.54) is 34.6 Å². The number of hydrogen-bond donors (Lipinski definition) is 1. The van der Waals surface area contributed by atoms with Crippen molar-refractivity contribution in [3.8, 4) is 0 Å². The van der Waals surface area contributed by atoms with Gasteiger partial charge in [-0.05, 0) is 74.4 Å². The summed E-state index contributed by atoms with van der Waals surface area (Å²) in [5.41, 5.74) is 4.14. The molecule has 0 atom stereocenters. The Labute approximate surface area is 145 Å². The van der Waals surface area contributed by atoms with Gasteiger partial charge in [-0.25, -0.2) is 4.79 Å². The molecule has 5 heteroatoms. The smallest absolute Gasteiger partial charge is 0.348 e. The maximum absolute atomic E-state index is 12.1. The van der Waals surface area contributed by atoms with Crippen LogP contribution in [-0.2, 0) is 22.4 Å². The van der Waals surface area contributed by atoms with E-state index in [4.69, 9.17) is 4.74 Å². The molecular formula is C19H21NO3S. The molecule has 0 fully saturated rings. The van der Waals surface area contributed by atoms with Crippen molar-refractivity contribution in [3.05, 3.63) is 50.7 Å². The highest BCUT2D eigenvalue weighted by molar-refractivity contribution is 7.14. The van der Waals surface area contributed by atoms with E-state index in [1.807, 2.05) is 38.1 Å². The number of hydrogen-bond acceptors (Lipinski definition) is 4. The largest absolute Gasteiger partial charge is 0.451 e. The van der Waals surface area contributed by atoms with Crippen LogP contribution in [0.2, 0.25) is 0 Å². The van der Waals surface area contributed by atoms with Crippen LogP contribution >= 0.6 is 11.3 Å². The van der Waals surface area contributed by atoms with Crippen LogP contribution in [0.1, 0.15) is 44.1 Å². The molecule has 1 N–H and O–H groups in total. The van der Waals surface area contributed by atoms with Crippen LogP contribution in [0.15, 0.2) is 24.3 Å². The summed E-state index contributed by atoms with van der Waals surface area (Å²) in [4.78, 5) is 26.0. The molecular weight excluding hydrogens is 322 g/mol. The van der Waals surface area contributed by atoms with E-state index in [2.05, 4.69) is 5.32 Å². The molecule has 1 aromatic carbocycles. The molecule has 3 rings (SSSR count). The predicted molar refractivity (Wildman–Crippen MR) is 95.8 cm³/mol. The Bertz CT molecular complexity index is 735. The van der Waals surface area contributed by atoms with Gasteiger partial charge >= 0.3 is 5.97 Å². The van der Waals surface area contributed by atoms with Crippen molar-refractivity contribution in [1.29, 1.82) is 0 Å². The summed E-state index contributed by atoms with van der Waals surface area (Å²) in [6.45, 7) is 3.68. The number of benzene rings is 1. The lowest BCUT2D eigenvalue weighted by atomic mass is 9.99. The van der Waals surface area contributed by atoms with E-state index in [-0.39, 0.29) is 12.5 Å². The molecule has 1 aliphatic rings. The first-order valence-electron chi connectivity index (χ1n) is 8.18. The number of carbonyl (C=O) groups is 2. The second-order valence-electron chi connectivity index (χ2n) is 6.27. The fourth-order valence-electron chi connectivity index (χ4n) is 3.04. The SMILES string of the molecule is Cc1cc(C)cc(NC(=O)COC(=O)c2cc3c(s2)CCCC3)c1. The van der Waals surface area contributed by atoms with Crippen molar-refractivity contribution in [2.45, 2.75) is 39.5 Å². The number of amides is 1. The number of aryl methyl sites for hydroxylation is 4. The molecule has 0 bridgehead atoms. The van der Waals surface area contributed by atoms with E-state index in [0.29, 0.717) is 4.88 Å². The van der Waals surface area contributed by atoms with E-state index in [9.17, 15) is 9.59 Å².